The molecule has 0 bridgehead atoms. The van der Waals surface area contributed by atoms with Gasteiger partial charge in [0, 0.05) is 29.4 Å². The Bertz CT molecular complexity index is 1020. The van der Waals surface area contributed by atoms with Crippen LogP contribution in [-0.4, -0.2) is 33.4 Å². The Balaban J connectivity index is 1.71. The van der Waals surface area contributed by atoms with E-state index in [2.05, 4.69) is 25.9 Å². The quantitative estimate of drug-likeness (QED) is 0.384. The van der Waals surface area contributed by atoms with E-state index in [9.17, 15) is 9.90 Å². The van der Waals surface area contributed by atoms with Gasteiger partial charge < -0.3 is 21.1 Å². The van der Waals surface area contributed by atoms with Crippen LogP contribution < -0.4 is 16.0 Å². The number of hydrogen-bond donors (Lipinski definition) is 5. The Morgan fingerprint density at radius 3 is 2.60 bits per heavy atom. The number of aliphatic hydroxyl groups is 1. The first-order valence-corrected chi connectivity index (χ1v) is 9.47. The standard InChI is InChI=1S/C22H24N6O2/c1-14-10-18(8-9-24-14)26-19-13-25-20(11-17(19)12-23)27-22(30)28-21(15(2)29)16-6-4-3-5-7-16/h3-13,15,21,23,29H,1-2H3,(H,24,26)(H2,25,27,28,30). The minimum atomic E-state index is -0.779. The lowest BCUT2D eigenvalue weighted by Crippen LogP contribution is -2.37. The third-order valence-electron chi connectivity index (χ3n) is 4.44. The van der Waals surface area contributed by atoms with Crippen molar-refractivity contribution in [2.45, 2.75) is 26.0 Å². The number of anilines is 3. The zero-order chi connectivity index (χ0) is 21.5. The zero-order valence-corrected chi connectivity index (χ0v) is 16.8. The number of carbonyl (C=O) groups is 1. The molecule has 5 N–H and O–H groups in total. The molecule has 1 aromatic carbocycles. The molecule has 0 aliphatic carbocycles. The molecule has 2 unspecified atom stereocenters. The molecule has 0 saturated carbocycles. The highest BCUT2D eigenvalue weighted by molar-refractivity contribution is 5.92. The number of aryl methyl sites for hydroxylation is 1. The molecule has 30 heavy (non-hydrogen) atoms. The van der Waals surface area contributed by atoms with Crippen LogP contribution in [0.15, 0.2) is 60.9 Å². The van der Waals surface area contributed by atoms with Crippen LogP contribution in [0.3, 0.4) is 0 Å². The van der Waals surface area contributed by atoms with Crippen molar-refractivity contribution >= 4 is 29.4 Å². The maximum absolute atomic E-state index is 12.5. The number of amides is 2. The van der Waals surface area contributed by atoms with Crippen molar-refractivity contribution in [3.05, 3.63) is 77.7 Å². The van der Waals surface area contributed by atoms with Gasteiger partial charge in [0.15, 0.2) is 0 Å². The fourth-order valence-electron chi connectivity index (χ4n) is 2.98. The molecule has 2 heterocycles. The summed E-state index contributed by atoms with van der Waals surface area (Å²) in [6, 6.07) is 13.5. The zero-order valence-electron chi connectivity index (χ0n) is 16.8. The highest BCUT2D eigenvalue weighted by atomic mass is 16.3. The lowest BCUT2D eigenvalue weighted by Gasteiger charge is -2.22. The first-order valence-electron chi connectivity index (χ1n) is 9.47. The fourth-order valence-corrected chi connectivity index (χ4v) is 2.98. The molecule has 3 aromatic rings. The van der Waals surface area contributed by atoms with Gasteiger partial charge in [-0.15, -0.1) is 0 Å². The van der Waals surface area contributed by atoms with E-state index in [-0.39, 0.29) is 0 Å². The van der Waals surface area contributed by atoms with Gasteiger partial charge >= 0.3 is 6.03 Å². The predicted octanol–water partition coefficient (Wildman–Crippen LogP) is 3.77. The number of aliphatic hydroxyl groups excluding tert-OH is 1. The minimum absolute atomic E-state index is 0.292. The Labute approximate surface area is 174 Å². The van der Waals surface area contributed by atoms with Crippen molar-refractivity contribution in [1.82, 2.24) is 15.3 Å². The summed E-state index contributed by atoms with van der Waals surface area (Å²) < 4.78 is 0. The monoisotopic (exact) mass is 404 g/mol. The van der Waals surface area contributed by atoms with Crippen molar-refractivity contribution in [3.63, 3.8) is 0 Å². The molecule has 0 aliphatic rings. The minimum Gasteiger partial charge on any atom is -0.391 e. The van der Waals surface area contributed by atoms with E-state index in [4.69, 9.17) is 5.41 Å². The average molecular weight is 404 g/mol. The lowest BCUT2D eigenvalue weighted by atomic mass is 10.0. The van der Waals surface area contributed by atoms with Crippen molar-refractivity contribution in [1.29, 1.82) is 5.41 Å². The second-order valence-electron chi connectivity index (χ2n) is 6.84. The third-order valence-corrected chi connectivity index (χ3v) is 4.44. The molecular formula is C22H24N6O2. The fraction of sp³-hybridized carbons (Fsp3) is 0.182. The van der Waals surface area contributed by atoms with Crippen LogP contribution in [0.4, 0.5) is 22.0 Å². The number of carbonyl (C=O) groups excluding carboxylic acids is 1. The Hall–Kier alpha value is -3.78. The van der Waals surface area contributed by atoms with Gasteiger partial charge in [0.1, 0.15) is 5.82 Å². The smallest absolute Gasteiger partial charge is 0.320 e. The van der Waals surface area contributed by atoms with Crippen molar-refractivity contribution in [2.24, 2.45) is 0 Å². The molecule has 0 spiro atoms. The van der Waals surface area contributed by atoms with Gasteiger partial charge in [0.25, 0.3) is 0 Å². The van der Waals surface area contributed by atoms with Crippen LogP contribution in [0.5, 0.6) is 0 Å². The Morgan fingerprint density at radius 1 is 1.17 bits per heavy atom. The van der Waals surface area contributed by atoms with Gasteiger partial charge in [-0.25, -0.2) is 9.78 Å². The number of aromatic nitrogens is 2. The summed E-state index contributed by atoms with van der Waals surface area (Å²) in [6.07, 6.45) is 3.65. The summed E-state index contributed by atoms with van der Waals surface area (Å²) in [5.74, 6) is 0.292. The molecular weight excluding hydrogens is 380 g/mol. The van der Waals surface area contributed by atoms with Crippen LogP contribution in [0.2, 0.25) is 0 Å². The molecule has 0 saturated heterocycles. The Kier molecular flexibility index (Phi) is 6.71. The SMILES string of the molecule is Cc1cc(Nc2cnc(NC(=O)NC(c3ccccc3)C(C)O)cc2C=N)ccn1. The first-order chi connectivity index (χ1) is 14.5. The second kappa shape index (κ2) is 9.62. The van der Waals surface area contributed by atoms with Gasteiger partial charge in [0.2, 0.25) is 0 Å². The maximum Gasteiger partial charge on any atom is 0.320 e. The van der Waals surface area contributed by atoms with Gasteiger partial charge in [-0.1, -0.05) is 30.3 Å². The van der Waals surface area contributed by atoms with Gasteiger partial charge in [-0.05, 0) is 37.6 Å². The van der Waals surface area contributed by atoms with E-state index in [1.54, 1.807) is 25.4 Å². The number of nitrogens with zero attached hydrogens (tertiary/aromatic N) is 2. The number of urea groups is 1. The Morgan fingerprint density at radius 2 is 1.93 bits per heavy atom. The van der Waals surface area contributed by atoms with E-state index in [0.29, 0.717) is 17.1 Å². The van der Waals surface area contributed by atoms with Crippen LogP contribution in [0, 0.1) is 12.3 Å². The van der Waals surface area contributed by atoms with E-state index in [0.717, 1.165) is 16.9 Å². The summed E-state index contributed by atoms with van der Waals surface area (Å²) >= 11 is 0. The van der Waals surface area contributed by atoms with Crippen LogP contribution in [0.1, 0.15) is 29.8 Å². The van der Waals surface area contributed by atoms with Crippen LogP contribution >= 0.6 is 0 Å². The lowest BCUT2D eigenvalue weighted by molar-refractivity contribution is 0.148. The number of hydrogen-bond acceptors (Lipinski definition) is 6. The second-order valence-corrected chi connectivity index (χ2v) is 6.84. The molecule has 8 heteroatoms. The number of rotatable bonds is 7. The largest absolute Gasteiger partial charge is 0.391 e. The van der Waals surface area contributed by atoms with E-state index >= 15 is 0 Å². The maximum atomic E-state index is 12.5. The number of nitrogens with one attached hydrogen (secondary N) is 4. The highest BCUT2D eigenvalue weighted by Gasteiger charge is 2.20. The molecule has 3 rings (SSSR count). The van der Waals surface area contributed by atoms with Crippen LogP contribution in [0.25, 0.3) is 0 Å². The molecule has 0 aliphatic heterocycles. The topological polar surface area (TPSA) is 123 Å². The summed E-state index contributed by atoms with van der Waals surface area (Å²) in [6.45, 7) is 3.51. The summed E-state index contributed by atoms with van der Waals surface area (Å²) in [4.78, 5) is 20.9. The van der Waals surface area contributed by atoms with Crippen molar-refractivity contribution < 1.29 is 9.90 Å². The molecule has 0 radical (unpaired) electrons. The normalized spacial score (nSPS) is 12.5. The summed E-state index contributed by atoms with van der Waals surface area (Å²) in [5.41, 5.74) is 3.68. The third kappa shape index (κ3) is 5.39. The van der Waals surface area contributed by atoms with Crippen molar-refractivity contribution in [2.75, 3.05) is 10.6 Å². The predicted molar refractivity (Wildman–Crippen MR) is 117 cm³/mol. The van der Waals surface area contributed by atoms with E-state index < -0.39 is 18.2 Å². The van der Waals surface area contributed by atoms with Gasteiger partial charge in [-0.2, -0.15) is 0 Å². The summed E-state index contributed by atoms with van der Waals surface area (Å²) in [7, 11) is 0. The van der Waals surface area contributed by atoms with E-state index in [1.807, 2.05) is 49.4 Å². The first kappa shape index (κ1) is 20.9. The molecule has 2 amide bonds. The molecule has 154 valence electrons. The molecule has 2 aromatic heterocycles. The molecule has 8 nitrogen and oxygen atoms in total. The highest BCUT2D eigenvalue weighted by Crippen LogP contribution is 2.22. The van der Waals surface area contributed by atoms with Crippen molar-refractivity contribution in [3.8, 4) is 0 Å². The number of pyridine rings is 2. The van der Waals surface area contributed by atoms with Gasteiger partial charge in [0.05, 0.1) is 24.0 Å². The summed E-state index contributed by atoms with van der Waals surface area (Å²) in [5, 5.41) is 26.4. The van der Waals surface area contributed by atoms with Crippen LogP contribution in [-0.2, 0) is 0 Å². The average Bonchev–Trinajstić information content (AvgIpc) is 2.73. The number of benzene rings is 1. The van der Waals surface area contributed by atoms with Gasteiger partial charge in [-0.3, -0.25) is 10.3 Å². The molecule has 2 atom stereocenters. The van der Waals surface area contributed by atoms with E-state index in [1.165, 1.54) is 6.21 Å². The molecule has 0 fully saturated rings.